The first-order valence-corrected chi connectivity index (χ1v) is 13.0. The predicted octanol–water partition coefficient (Wildman–Crippen LogP) is 3.33. The number of aliphatic hydroxyl groups is 1. The zero-order valence-corrected chi connectivity index (χ0v) is 19.9. The normalized spacial score (nSPS) is 43.2. The summed E-state index contributed by atoms with van der Waals surface area (Å²) in [4.78, 5) is 25.6. The maximum atomic E-state index is 13.8. The third-order valence-corrected chi connectivity index (χ3v) is 9.03. The molecule has 5 aliphatic carbocycles. The van der Waals surface area contributed by atoms with Gasteiger partial charge in [-0.25, -0.2) is 8.78 Å². The molecule has 5 aliphatic rings. The van der Waals surface area contributed by atoms with Crippen LogP contribution in [0.4, 0.5) is 8.78 Å². The zero-order valence-electron chi connectivity index (χ0n) is 19.2. The van der Waals surface area contributed by atoms with Crippen LogP contribution in [0.3, 0.4) is 0 Å². The Labute approximate surface area is 199 Å². The Morgan fingerprint density at radius 3 is 2.48 bits per heavy atom. The van der Waals surface area contributed by atoms with E-state index in [1.54, 1.807) is 0 Å². The van der Waals surface area contributed by atoms with E-state index in [0.29, 0.717) is 64.3 Å². The first kappa shape index (κ1) is 25.1. The highest BCUT2D eigenvalue weighted by Crippen LogP contribution is 2.52. The number of rotatable bonds is 7. The van der Waals surface area contributed by atoms with Gasteiger partial charge < -0.3 is 20.5 Å². The average Bonchev–Trinajstić information content (AvgIpc) is 2.79. The van der Waals surface area contributed by atoms with Gasteiger partial charge in [-0.15, -0.1) is 11.6 Å². The van der Waals surface area contributed by atoms with Gasteiger partial charge in [-0.2, -0.15) is 0 Å². The molecule has 3 N–H and O–H groups in total. The minimum Gasteiger partial charge on any atom is -0.392 e. The third-order valence-electron chi connectivity index (χ3n) is 8.54. The summed E-state index contributed by atoms with van der Waals surface area (Å²) < 4.78 is 33.0. The number of nitrogens with one attached hydrogen (secondary N) is 2. The molecule has 5 rings (SSSR count). The summed E-state index contributed by atoms with van der Waals surface area (Å²) >= 11 is 5.90. The largest absolute Gasteiger partial charge is 0.392 e. The van der Waals surface area contributed by atoms with Gasteiger partial charge in [0, 0.05) is 18.5 Å². The van der Waals surface area contributed by atoms with E-state index in [1.807, 2.05) is 0 Å². The smallest absolute Gasteiger partial charge is 0.246 e. The lowest BCUT2D eigenvalue weighted by molar-refractivity contribution is -0.157. The summed E-state index contributed by atoms with van der Waals surface area (Å²) in [5, 5.41) is 16.5. The number of alkyl halides is 3. The molecule has 6 atom stereocenters. The highest BCUT2D eigenvalue weighted by molar-refractivity contribution is 6.21. The van der Waals surface area contributed by atoms with E-state index in [1.165, 1.54) is 0 Å². The number of carbonyl (C=O) groups excluding carboxylic acids is 2. The number of hydrogen-bond acceptors (Lipinski definition) is 4. The fraction of sp³-hybridized carbons (Fsp3) is 0.917. The Balaban J connectivity index is 1.24. The number of halogens is 3. The summed E-state index contributed by atoms with van der Waals surface area (Å²) in [7, 11) is 0. The van der Waals surface area contributed by atoms with Gasteiger partial charge in [0.2, 0.25) is 11.8 Å². The quantitative estimate of drug-likeness (QED) is 0.478. The van der Waals surface area contributed by atoms with Crippen LogP contribution in [-0.2, 0) is 14.3 Å². The lowest BCUT2D eigenvalue weighted by atomic mass is 9.55. The van der Waals surface area contributed by atoms with Gasteiger partial charge in [-0.05, 0) is 70.1 Å². The van der Waals surface area contributed by atoms with E-state index < -0.39 is 34.8 Å². The summed E-state index contributed by atoms with van der Waals surface area (Å²) in [6.07, 6.45) is 3.75. The highest BCUT2D eigenvalue weighted by atomic mass is 35.5. The number of amides is 2. The molecule has 9 heteroatoms. The molecule has 0 radical (unpaired) electrons. The first-order chi connectivity index (χ1) is 15.7. The van der Waals surface area contributed by atoms with Gasteiger partial charge >= 0.3 is 0 Å². The van der Waals surface area contributed by atoms with Crippen LogP contribution in [0.1, 0.15) is 77.0 Å². The molecule has 33 heavy (non-hydrogen) atoms. The summed E-state index contributed by atoms with van der Waals surface area (Å²) in [6, 6.07) is 0. The fourth-order valence-corrected chi connectivity index (χ4v) is 6.60. The molecular formula is C24H37ClF2N2O4. The molecule has 0 aromatic heterocycles. The number of hydrogen-bond donors (Lipinski definition) is 3. The molecule has 188 valence electrons. The Bertz CT molecular complexity index is 719. The first-order valence-electron chi connectivity index (χ1n) is 12.5. The number of carbonyl (C=O) groups is 2. The van der Waals surface area contributed by atoms with Crippen LogP contribution in [0.2, 0.25) is 0 Å². The van der Waals surface area contributed by atoms with E-state index in [-0.39, 0.29) is 36.9 Å². The van der Waals surface area contributed by atoms with Gasteiger partial charge in [0.05, 0.1) is 23.0 Å². The van der Waals surface area contributed by atoms with Gasteiger partial charge in [-0.1, -0.05) is 6.42 Å². The maximum Gasteiger partial charge on any atom is 0.246 e. The second-order valence-electron chi connectivity index (χ2n) is 10.8. The second-order valence-corrected chi connectivity index (χ2v) is 11.4. The van der Waals surface area contributed by atoms with E-state index >= 15 is 0 Å². The van der Waals surface area contributed by atoms with Crippen molar-refractivity contribution in [3.8, 4) is 0 Å². The monoisotopic (exact) mass is 490 g/mol. The van der Waals surface area contributed by atoms with E-state index in [2.05, 4.69) is 10.6 Å². The zero-order chi connectivity index (χ0) is 23.6. The van der Waals surface area contributed by atoms with Crippen LogP contribution < -0.4 is 10.6 Å². The van der Waals surface area contributed by atoms with Crippen molar-refractivity contribution in [2.45, 2.75) is 113 Å². The van der Waals surface area contributed by atoms with E-state index in [0.717, 1.165) is 12.8 Å². The summed E-state index contributed by atoms with van der Waals surface area (Å²) in [6.45, 7) is 0.309. The summed E-state index contributed by atoms with van der Waals surface area (Å²) in [5.74, 6) is -0.263. The number of aliphatic hydroxyl groups excluding tert-OH is 1. The summed E-state index contributed by atoms with van der Waals surface area (Å²) in [5.41, 5.74) is -1.37. The lowest BCUT2D eigenvalue weighted by Gasteiger charge is -2.55. The minimum absolute atomic E-state index is 0.144. The van der Waals surface area contributed by atoms with E-state index in [4.69, 9.17) is 16.3 Å². The SMILES string of the molecule is O=C(COC1CCC(Cl)C(F)C1)NC12CCC(C(=O)NCC3CCCC(F)C3)(CC1)C(O)C2. The highest BCUT2D eigenvalue weighted by Gasteiger charge is 2.58. The van der Waals surface area contributed by atoms with Gasteiger partial charge in [-0.3, -0.25) is 9.59 Å². The van der Waals surface area contributed by atoms with Crippen LogP contribution in [0.5, 0.6) is 0 Å². The van der Waals surface area contributed by atoms with Crippen LogP contribution in [0, 0.1) is 11.3 Å². The predicted molar refractivity (Wildman–Crippen MR) is 120 cm³/mol. The van der Waals surface area contributed by atoms with Crippen molar-refractivity contribution >= 4 is 23.4 Å². The second kappa shape index (κ2) is 10.3. The molecular weight excluding hydrogens is 454 g/mol. The molecule has 5 fully saturated rings. The van der Waals surface area contributed by atoms with Crippen molar-refractivity contribution in [2.75, 3.05) is 13.2 Å². The molecule has 0 spiro atoms. The molecule has 6 nitrogen and oxygen atoms in total. The third kappa shape index (κ3) is 5.64. The van der Waals surface area contributed by atoms with E-state index in [9.17, 15) is 23.5 Å². The molecule has 5 saturated carbocycles. The molecule has 0 saturated heterocycles. The Kier molecular flexibility index (Phi) is 7.86. The Hall–Kier alpha value is -0.990. The standard InChI is InChI=1S/C24H37ClF2N2O4/c25-18-5-4-17(11-19(18)27)33-14-21(31)29-23-6-8-24(9-7-23,20(30)12-23)22(32)28-13-15-2-1-3-16(26)10-15/h15-20,30H,1-14H2,(H,28,32)(H,29,31). The molecule has 6 unspecified atom stereocenters. The molecule has 2 bridgehead atoms. The maximum absolute atomic E-state index is 13.8. The van der Waals surface area contributed by atoms with Crippen molar-refractivity contribution < 1.29 is 28.2 Å². The van der Waals surface area contributed by atoms with Gasteiger partial charge in [0.25, 0.3) is 0 Å². The number of ether oxygens (including phenoxy) is 1. The van der Waals surface area contributed by atoms with Crippen molar-refractivity contribution in [1.29, 1.82) is 0 Å². The molecule has 0 heterocycles. The van der Waals surface area contributed by atoms with Crippen molar-refractivity contribution in [2.24, 2.45) is 11.3 Å². The molecule has 0 aromatic carbocycles. The molecule has 2 amide bonds. The topological polar surface area (TPSA) is 87.7 Å². The minimum atomic E-state index is -1.12. The van der Waals surface area contributed by atoms with Gasteiger partial charge in [0.1, 0.15) is 19.0 Å². The van der Waals surface area contributed by atoms with Crippen LogP contribution in [0.25, 0.3) is 0 Å². The van der Waals surface area contributed by atoms with Crippen molar-refractivity contribution in [3.63, 3.8) is 0 Å². The molecule has 0 aromatic rings. The lowest BCUT2D eigenvalue weighted by Crippen LogP contribution is -2.65. The van der Waals surface area contributed by atoms with Crippen molar-refractivity contribution in [1.82, 2.24) is 10.6 Å². The van der Waals surface area contributed by atoms with Crippen LogP contribution in [-0.4, -0.2) is 65.5 Å². The number of fused-ring (bicyclic) bond motifs is 3. The van der Waals surface area contributed by atoms with Gasteiger partial charge in [0.15, 0.2) is 0 Å². The molecule has 0 aliphatic heterocycles. The van der Waals surface area contributed by atoms with Crippen LogP contribution >= 0.6 is 11.6 Å². The fourth-order valence-electron chi connectivity index (χ4n) is 6.38. The average molecular weight is 491 g/mol. The van der Waals surface area contributed by atoms with Crippen LogP contribution in [0.15, 0.2) is 0 Å². The van der Waals surface area contributed by atoms with Crippen molar-refractivity contribution in [3.05, 3.63) is 0 Å². The Morgan fingerprint density at radius 1 is 1.06 bits per heavy atom. The Morgan fingerprint density at radius 2 is 1.82 bits per heavy atom.